The van der Waals surface area contributed by atoms with Gasteiger partial charge in [-0.3, -0.25) is 9.47 Å². The van der Waals surface area contributed by atoms with Gasteiger partial charge < -0.3 is 9.80 Å². The molecule has 5 heterocycles. The van der Waals surface area contributed by atoms with Crippen LogP contribution in [0.1, 0.15) is 24.1 Å². The molecular formula is C23H24ClN9. The Morgan fingerprint density at radius 1 is 1.09 bits per heavy atom. The van der Waals surface area contributed by atoms with E-state index in [0.29, 0.717) is 18.1 Å². The number of nitriles is 1. The van der Waals surface area contributed by atoms with Crippen LogP contribution >= 0.6 is 11.6 Å². The van der Waals surface area contributed by atoms with Gasteiger partial charge in [-0.15, -0.1) is 10.2 Å². The van der Waals surface area contributed by atoms with Crippen LogP contribution in [-0.2, 0) is 13.1 Å². The Morgan fingerprint density at radius 2 is 1.88 bits per heavy atom. The largest absolute Gasteiger partial charge is 0.355 e. The molecule has 1 atom stereocenters. The van der Waals surface area contributed by atoms with Gasteiger partial charge in [-0.2, -0.15) is 5.26 Å². The average molecular weight is 462 g/mol. The minimum absolute atomic E-state index is 0.234. The fourth-order valence-electron chi connectivity index (χ4n) is 5.22. The molecule has 1 aromatic carbocycles. The van der Waals surface area contributed by atoms with E-state index in [0.717, 1.165) is 60.8 Å². The zero-order chi connectivity index (χ0) is 22.7. The Labute approximate surface area is 197 Å². The van der Waals surface area contributed by atoms with Gasteiger partial charge in [0, 0.05) is 49.4 Å². The summed E-state index contributed by atoms with van der Waals surface area (Å²) in [5.41, 5.74) is 2.38. The first kappa shape index (κ1) is 20.4. The number of hydrogen-bond acceptors (Lipinski definition) is 8. The first-order chi connectivity index (χ1) is 15.9. The molecule has 2 saturated heterocycles. The maximum absolute atomic E-state index is 9.50. The number of halogens is 1. The van der Waals surface area contributed by atoms with Crippen LogP contribution in [0.15, 0.2) is 30.5 Å². The smallest absolute Gasteiger partial charge is 0.231 e. The predicted molar refractivity (Wildman–Crippen MR) is 124 cm³/mol. The normalized spacial score (nSPS) is 19.7. The molecule has 0 saturated carbocycles. The van der Waals surface area contributed by atoms with Gasteiger partial charge in [0.15, 0.2) is 5.82 Å². The lowest BCUT2D eigenvalue weighted by Crippen LogP contribution is -2.73. The van der Waals surface area contributed by atoms with Crippen LogP contribution < -0.4 is 9.80 Å². The lowest BCUT2D eigenvalue weighted by Gasteiger charge is -2.60. The second kappa shape index (κ2) is 7.40. The summed E-state index contributed by atoms with van der Waals surface area (Å²) in [5, 5.41) is 19.3. The van der Waals surface area contributed by atoms with Crippen LogP contribution in [0.2, 0.25) is 5.02 Å². The molecule has 3 aromatic rings. The summed E-state index contributed by atoms with van der Waals surface area (Å²) in [6.07, 6.45) is 1.82. The third-order valence-electron chi connectivity index (χ3n) is 6.92. The molecular weight excluding hydrogens is 438 g/mol. The van der Waals surface area contributed by atoms with Crippen molar-refractivity contribution in [2.75, 3.05) is 36.0 Å². The van der Waals surface area contributed by atoms with Crippen molar-refractivity contribution in [3.05, 3.63) is 52.7 Å². The molecule has 0 amide bonds. The van der Waals surface area contributed by atoms with Crippen molar-refractivity contribution in [3.63, 3.8) is 0 Å². The van der Waals surface area contributed by atoms with Gasteiger partial charge in [-0.25, -0.2) is 9.97 Å². The third kappa shape index (κ3) is 3.33. The molecule has 2 fully saturated rings. The molecule has 9 nitrogen and oxygen atoms in total. The minimum Gasteiger partial charge on any atom is -0.355 e. The fraction of sp³-hybridized carbons (Fsp3) is 0.435. The van der Waals surface area contributed by atoms with Gasteiger partial charge in [0.25, 0.3) is 0 Å². The number of aryl methyl sites for hydroxylation is 1. The van der Waals surface area contributed by atoms with Gasteiger partial charge in [0.05, 0.1) is 24.3 Å². The Hall–Kier alpha value is -3.22. The zero-order valence-electron chi connectivity index (χ0n) is 18.6. The summed E-state index contributed by atoms with van der Waals surface area (Å²) in [7, 11) is 0. The van der Waals surface area contributed by atoms with E-state index in [9.17, 15) is 5.26 Å². The molecule has 168 valence electrons. The van der Waals surface area contributed by atoms with E-state index >= 15 is 0 Å². The maximum Gasteiger partial charge on any atom is 0.231 e. The SMILES string of the molecule is Cc1nccc(N2CC3(C2)CN(c2nnc4n2-c2ccc(Cl)cc2CN(C(C)C#N)C4)C3)n1. The molecule has 2 aromatic heterocycles. The Kier molecular flexibility index (Phi) is 4.57. The van der Waals surface area contributed by atoms with Crippen LogP contribution in [0.4, 0.5) is 11.8 Å². The van der Waals surface area contributed by atoms with Gasteiger partial charge in [-0.1, -0.05) is 11.6 Å². The van der Waals surface area contributed by atoms with E-state index in [1.807, 2.05) is 44.3 Å². The van der Waals surface area contributed by atoms with Crippen molar-refractivity contribution >= 4 is 23.4 Å². The quantitative estimate of drug-likeness (QED) is 0.588. The monoisotopic (exact) mass is 461 g/mol. The fourth-order valence-corrected chi connectivity index (χ4v) is 5.42. The zero-order valence-corrected chi connectivity index (χ0v) is 19.4. The molecule has 0 N–H and O–H groups in total. The lowest BCUT2D eigenvalue weighted by atomic mass is 9.73. The van der Waals surface area contributed by atoms with Crippen LogP contribution in [0.25, 0.3) is 5.69 Å². The van der Waals surface area contributed by atoms with Crippen molar-refractivity contribution in [2.24, 2.45) is 5.41 Å². The van der Waals surface area contributed by atoms with Crippen molar-refractivity contribution in [1.29, 1.82) is 5.26 Å². The maximum atomic E-state index is 9.50. The summed E-state index contributed by atoms with van der Waals surface area (Å²) < 4.78 is 2.15. The first-order valence-corrected chi connectivity index (χ1v) is 11.5. The lowest BCUT2D eigenvalue weighted by molar-refractivity contribution is 0.153. The van der Waals surface area contributed by atoms with Crippen molar-refractivity contribution in [2.45, 2.75) is 33.0 Å². The Bertz CT molecular complexity index is 1270. The topological polar surface area (TPSA) is 90.0 Å². The summed E-state index contributed by atoms with van der Waals surface area (Å²) in [5.74, 6) is 3.51. The summed E-state index contributed by atoms with van der Waals surface area (Å²) >= 11 is 6.32. The van der Waals surface area contributed by atoms with Crippen LogP contribution in [0.3, 0.4) is 0 Å². The number of nitrogens with zero attached hydrogens (tertiary/aromatic N) is 9. The highest BCUT2D eigenvalue weighted by molar-refractivity contribution is 6.30. The van der Waals surface area contributed by atoms with Crippen LogP contribution in [0.5, 0.6) is 0 Å². The second-order valence-electron chi connectivity index (χ2n) is 9.41. The van der Waals surface area contributed by atoms with E-state index < -0.39 is 0 Å². The van der Waals surface area contributed by atoms with Crippen molar-refractivity contribution in [3.8, 4) is 11.8 Å². The molecule has 0 bridgehead atoms. The highest BCUT2D eigenvalue weighted by Gasteiger charge is 2.53. The highest BCUT2D eigenvalue weighted by atomic mass is 35.5. The molecule has 1 spiro atoms. The molecule has 3 aliphatic rings. The number of benzene rings is 1. The number of aromatic nitrogens is 5. The molecule has 1 unspecified atom stereocenters. The summed E-state index contributed by atoms with van der Waals surface area (Å²) in [6.45, 7) is 8.89. The van der Waals surface area contributed by atoms with E-state index in [1.54, 1.807) is 0 Å². The first-order valence-electron chi connectivity index (χ1n) is 11.1. The Morgan fingerprint density at radius 3 is 2.64 bits per heavy atom. The summed E-state index contributed by atoms with van der Waals surface area (Å²) in [6, 6.07) is 10.0. The Balaban J connectivity index is 1.26. The second-order valence-corrected chi connectivity index (χ2v) is 9.85. The standard InChI is InChI=1S/C23H24ClN9/c1-15(8-25)30-9-17-7-18(24)3-4-19(17)33-21(10-30)28-29-22(33)32-13-23(14-32)11-31(12-23)20-5-6-26-16(2)27-20/h3-7,15H,9-14H2,1-2H3. The van der Waals surface area contributed by atoms with Crippen molar-refractivity contribution < 1.29 is 0 Å². The average Bonchev–Trinajstić information content (AvgIpc) is 3.06. The van der Waals surface area contributed by atoms with Crippen LogP contribution in [-0.4, -0.2) is 61.9 Å². The number of fused-ring (bicyclic) bond motifs is 3. The molecule has 6 rings (SSSR count). The van der Waals surface area contributed by atoms with E-state index in [1.165, 1.54) is 0 Å². The summed E-state index contributed by atoms with van der Waals surface area (Å²) in [4.78, 5) is 15.5. The highest BCUT2D eigenvalue weighted by Crippen LogP contribution is 2.44. The minimum atomic E-state index is -0.234. The number of anilines is 2. The van der Waals surface area contributed by atoms with Gasteiger partial charge >= 0.3 is 0 Å². The van der Waals surface area contributed by atoms with Gasteiger partial charge in [0.2, 0.25) is 5.95 Å². The van der Waals surface area contributed by atoms with E-state index in [-0.39, 0.29) is 11.5 Å². The van der Waals surface area contributed by atoms with Gasteiger partial charge in [-0.05, 0) is 43.7 Å². The van der Waals surface area contributed by atoms with Gasteiger partial charge in [0.1, 0.15) is 11.6 Å². The molecule has 10 heteroatoms. The molecule has 0 aliphatic carbocycles. The van der Waals surface area contributed by atoms with E-state index in [4.69, 9.17) is 11.6 Å². The molecule has 3 aliphatic heterocycles. The number of hydrogen-bond donors (Lipinski definition) is 0. The van der Waals surface area contributed by atoms with Crippen molar-refractivity contribution in [1.82, 2.24) is 29.6 Å². The number of rotatable bonds is 3. The molecule has 0 radical (unpaired) electrons. The van der Waals surface area contributed by atoms with E-state index in [2.05, 4.69) is 45.5 Å². The molecule has 33 heavy (non-hydrogen) atoms. The third-order valence-corrected chi connectivity index (χ3v) is 7.16. The van der Waals surface area contributed by atoms with Crippen LogP contribution in [0, 0.1) is 23.7 Å². The predicted octanol–water partition coefficient (Wildman–Crippen LogP) is 2.57.